The predicted molar refractivity (Wildman–Crippen MR) is 104 cm³/mol. The van der Waals surface area contributed by atoms with Crippen LogP contribution in [0.3, 0.4) is 0 Å². The van der Waals surface area contributed by atoms with Gasteiger partial charge in [-0.1, -0.05) is 42.5 Å². The second kappa shape index (κ2) is 8.61. The fraction of sp³-hybridized carbons (Fsp3) is 0.400. The third kappa shape index (κ3) is 5.96. The smallest absolute Gasteiger partial charge is 0.216 e. The first-order valence-corrected chi connectivity index (χ1v) is 10.3. The van der Waals surface area contributed by atoms with Crippen molar-refractivity contribution in [3.8, 4) is 0 Å². The van der Waals surface area contributed by atoms with Crippen molar-refractivity contribution in [3.05, 3.63) is 70.3 Å². The standard InChI is InChI=1S/C20H28N2O2S/c1-15(2)22-25(23,24)14-20-10-6-5-9-19(20)13-21-12-18-11-7-8-16(3)17(18)4/h5-11,15,21-22H,12-14H2,1-4H3. The Kier molecular flexibility index (Phi) is 6.76. The number of hydrogen-bond donors (Lipinski definition) is 2. The first kappa shape index (κ1) is 19.6. The minimum atomic E-state index is -3.32. The molecule has 0 atom stereocenters. The highest BCUT2D eigenvalue weighted by atomic mass is 32.2. The summed E-state index contributed by atoms with van der Waals surface area (Å²) in [6, 6.07) is 13.9. The van der Waals surface area contributed by atoms with Gasteiger partial charge in [-0.2, -0.15) is 0 Å². The Morgan fingerprint density at radius 2 is 1.48 bits per heavy atom. The van der Waals surface area contributed by atoms with Crippen LogP contribution in [0.5, 0.6) is 0 Å². The van der Waals surface area contributed by atoms with Gasteiger partial charge in [0.15, 0.2) is 0 Å². The van der Waals surface area contributed by atoms with Gasteiger partial charge in [-0.25, -0.2) is 13.1 Å². The minimum Gasteiger partial charge on any atom is -0.309 e. The van der Waals surface area contributed by atoms with Crippen LogP contribution in [0.25, 0.3) is 0 Å². The van der Waals surface area contributed by atoms with Crippen LogP contribution in [0.15, 0.2) is 42.5 Å². The predicted octanol–water partition coefficient (Wildman–Crippen LogP) is 3.42. The van der Waals surface area contributed by atoms with Crippen LogP contribution < -0.4 is 10.0 Å². The van der Waals surface area contributed by atoms with E-state index in [1.54, 1.807) is 0 Å². The molecule has 0 radical (unpaired) electrons. The lowest BCUT2D eigenvalue weighted by molar-refractivity contribution is 0.568. The van der Waals surface area contributed by atoms with Crippen LogP contribution in [-0.2, 0) is 28.9 Å². The number of nitrogens with one attached hydrogen (secondary N) is 2. The molecule has 0 fully saturated rings. The lowest BCUT2D eigenvalue weighted by Crippen LogP contribution is -2.31. The second-order valence-electron chi connectivity index (χ2n) is 6.76. The van der Waals surface area contributed by atoms with Crippen molar-refractivity contribution in [3.63, 3.8) is 0 Å². The minimum absolute atomic E-state index is 0.00645. The maximum atomic E-state index is 12.2. The molecule has 2 rings (SSSR count). The van der Waals surface area contributed by atoms with Gasteiger partial charge in [-0.15, -0.1) is 0 Å². The van der Waals surface area contributed by atoms with E-state index in [-0.39, 0.29) is 11.8 Å². The van der Waals surface area contributed by atoms with E-state index >= 15 is 0 Å². The Morgan fingerprint density at radius 1 is 0.880 bits per heavy atom. The maximum Gasteiger partial charge on any atom is 0.216 e. The summed E-state index contributed by atoms with van der Waals surface area (Å²) in [6.45, 7) is 9.30. The van der Waals surface area contributed by atoms with Crippen LogP contribution in [-0.4, -0.2) is 14.5 Å². The molecule has 0 aliphatic rings. The molecule has 0 bridgehead atoms. The summed E-state index contributed by atoms with van der Waals surface area (Å²) < 4.78 is 27.1. The van der Waals surface area contributed by atoms with E-state index in [1.165, 1.54) is 16.7 Å². The van der Waals surface area contributed by atoms with E-state index < -0.39 is 10.0 Å². The first-order chi connectivity index (χ1) is 11.8. The maximum absolute atomic E-state index is 12.2. The van der Waals surface area contributed by atoms with E-state index in [4.69, 9.17) is 0 Å². The third-order valence-electron chi connectivity index (χ3n) is 4.23. The van der Waals surface area contributed by atoms with Crippen molar-refractivity contribution in [2.75, 3.05) is 0 Å². The van der Waals surface area contributed by atoms with Gasteiger partial charge in [0, 0.05) is 19.1 Å². The molecule has 2 aromatic rings. The molecule has 0 unspecified atom stereocenters. The molecule has 2 aromatic carbocycles. The summed E-state index contributed by atoms with van der Waals surface area (Å²) in [5, 5.41) is 3.44. The zero-order chi connectivity index (χ0) is 18.4. The highest BCUT2D eigenvalue weighted by Gasteiger charge is 2.15. The number of benzene rings is 2. The van der Waals surface area contributed by atoms with Gasteiger partial charge >= 0.3 is 0 Å². The Labute approximate surface area is 151 Å². The van der Waals surface area contributed by atoms with Crippen LogP contribution >= 0.6 is 0 Å². The third-order valence-corrected chi connectivity index (χ3v) is 5.75. The highest BCUT2D eigenvalue weighted by Crippen LogP contribution is 2.15. The average molecular weight is 361 g/mol. The summed E-state index contributed by atoms with van der Waals surface area (Å²) in [6.07, 6.45) is 0. The number of aryl methyl sites for hydroxylation is 1. The van der Waals surface area contributed by atoms with Gasteiger partial charge in [-0.05, 0) is 55.5 Å². The Hall–Kier alpha value is -1.69. The summed E-state index contributed by atoms with van der Waals surface area (Å²) in [5.41, 5.74) is 5.70. The molecule has 136 valence electrons. The molecule has 0 aliphatic heterocycles. The van der Waals surface area contributed by atoms with Gasteiger partial charge in [0.1, 0.15) is 0 Å². The first-order valence-electron chi connectivity index (χ1n) is 8.61. The molecule has 0 aromatic heterocycles. The van der Waals surface area contributed by atoms with E-state index in [0.717, 1.165) is 17.7 Å². The Bertz CT molecular complexity index is 814. The molecular formula is C20H28N2O2S. The molecule has 5 heteroatoms. The van der Waals surface area contributed by atoms with Crippen LogP contribution in [0.2, 0.25) is 0 Å². The molecule has 2 N–H and O–H groups in total. The van der Waals surface area contributed by atoms with Gasteiger partial charge in [0.05, 0.1) is 5.75 Å². The highest BCUT2D eigenvalue weighted by molar-refractivity contribution is 7.88. The van der Waals surface area contributed by atoms with Gasteiger partial charge in [0.2, 0.25) is 10.0 Å². The van der Waals surface area contributed by atoms with Crippen molar-refractivity contribution in [2.45, 2.75) is 52.6 Å². The zero-order valence-corrected chi connectivity index (χ0v) is 16.3. The van der Waals surface area contributed by atoms with Gasteiger partial charge < -0.3 is 5.32 Å². The van der Waals surface area contributed by atoms with E-state index in [1.807, 2.05) is 38.1 Å². The molecule has 25 heavy (non-hydrogen) atoms. The lowest BCUT2D eigenvalue weighted by atomic mass is 10.0. The molecule has 0 saturated heterocycles. The topological polar surface area (TPSA) is 58.2 Å². The van der Waals surface area contributed by atoms with E-state index in [9.17, 15) is 8.42 Å². The molecule has 0 spiro atoms. The number of hydrogen-bond acceptors (Lipinski definition) is 3. The van der Waals surface area contributed by atoms with Crippen LogP contribution in [0, 0.1) is 13.8 Å². The molecule has 0 saturated carbocycles. The van der Waals surface area contributed by atoms with Crippen LogP contribution in [0.4, 0.5) is 0 Å². The Balaban J connectivity index is 2.04. The summed E-state index contributed by atoms with van der Waals surface area (Å²) in [4.78, 5) is 0. The zero-order valence-electron chi connectivity index (χ0n) is 15.5. The van der Waals surface area contributed by atoms with Crippen molar-refractivity contribution in [1.82, 2.24) is 10.0 Å². The lowest BCUT2D eigenvalue weighted by Gasteiger charge is -2.14. The fourth-order valence-electron chi connectivity index (χ4n) is 2.81. The second-order valence-corrected chi connectivity index (χ2v) is 8.52. The fourth-order valence-corrected chi connectivity index (χ4v) is 4.30. The molecule has 0 amide bonds. The van der Waals surface area contributed by atoms with Crippen molar-refractivity contribution in [1.29, 1.82) is 0 Å². The molecule has 0 aliphatic carbocycles. The molecule has 4 nitrogen and oxygen atoms in total. The van der Waals surface area contributed by atoms with Crippen molar-refractivity contribution >= 4 is 10.0 Å². The quantitative estimate of drug-likeness (QED) is 0.758. The summed E-state index contributed by atoms with van der Waals surface area (Å²) >= 11 is 0. The largest absolute Gasteiger partial charge is 0.309 e. The van der Waals surface area contributed by atoms with Crippen LogP contribution in [0.1, 0.15) is 41.7 Å². The molecular weight excluding hydrogens is 332 g/mol. The van der Waals surface area contributed by atoms with Gasteiger partial charge in [-0.3, -0.25) is 0 Å². The average Bonchev–Trinajstić information content (AvgIpc) is 2.51. The number of rotatable bonds is 8. The summed E-state index contributed by atoms with van der Waals surface area (Å²) in [5.74, 6) is 0.00645. The van der Waals surface area contributed by atoms with Crippen molar-refractivity contribution < 1.29 is 8.42 Å². The van der Waals surface area contributed by atoms with E-state index in [0.29, 0.717) is 6.54 Å². The Morgan fingerprint density at radius 3 is 2.16 bits per heavy atom. The normalized spacial score (nSPS) is 11.9. The SMILES string of the molecule is Cc1cccc(CNCc2ccccc2CS(=O)(=O)NC(C)C)c1C. The monoisotopic (exact) mass is 360 g/mol. The number of sulfonamides is 1. The van der Waals surface area contributed by atoms with Crippen molar-refractivity contribution in [2.24, 2.45) is 0 Å². The van der Waals surface area contributed by atoms with Gasteiger partial charge in [0.25, 0.3) is 0 Å². The molecule has 0 heterocycles. The summed E-state index contributed by atoms with van der Waals surface area (Å²) in [7, 11) is -3.32. The van der Waals surface area contributed by atoms with E-state index in [2.05, 4.69) is 42.1 Å².